The lowest BCUT2D eigenvalue weighted by atomic mass is 10.2. The lowest BCUT2D eigenvalue weighted by Gasteiger charge is -2.19. The van der Waals surface area contributed by atoms with Gasteiger partial charge in [0.05, 0.1) is 6.34 Å². The van der Waals surface area contributed by atoms with Gasteiger partial charge in [0, 0.05) is 20.3 Å². The van der Waals surface area contributed by atoms with E-state index in [-0.39, 0.29) is 6.17 Å². The van der Waals surface area contributed by atoms with E-state index in [9.17, 15) is 0 Å². The van der Waals surface area contributed by atoms with Gasteiger partial charge in [0.15, 0.2) is 0 Å². The van der Waals surface area contributed by atoms with Gasteiger partial charge < -0.3 is 10.2 Å². The van der Waals surface area contributed by atoms with E-state index >= 15 is 0 Å². The summed E-state index contributed by atoms with van der Waals surface area (Å²) in [5.41, 5.74) is 1.12. The van der Waals surface area contributed by atoms with Gasteiger partial charge in [-0.1, -0.05) is 30.3 Å². The third-order valence-corrected chi connectivity index (χ3v) is 2.99. The van der Waals surface area contributed by atoms with E-state index in [0.717, 1.165) is 11.4 Å². The normalized spacial score (nSPS) is 12.3. The van der Waals surface area contributed by atoms with Crippen LogP contribution < -0.4 is 15.5 Å². The van der Waals surface area contributed by atoms with E-state index in [1.54, 1.807) is 19.6 Å². The third-order valence-electron chi connectivity index (χ3n) is 2.99. The Morgan fingerprint density at radius 2 is 2.00 bits per heavy atom. The van der Waals surface area contributed by atoms with Crippen molar-refractivity contribution in [3.63, 3.8) is 0 Å². The average Bonchev–Trinajstić information content (AvgIpc) is 2.54. The summed E-state index contributed by atoms with van der Waals surface area (Å²) in [6.07, 6.45) is 3.38. The molecular weight excluding hydrogens is 264 g/mol. The van der Waals surface area contributed by atoms with Crippen LogP contribution in [0.4, 0.5) is 11.8 Å². The first-order valence-electron chi connectivity index (χ1n) is 6.71. The molecule has 6 nitrogen and oxygen atoms in total. The molecule has 0 spiro atoms. The molecule has 0 saturated heterocycles. The summed E-state index contributed by atoms with van der Waals surface area (Å²) >= 11 is 0. The van der Waals surface area contributed by atoms with Crippen molar-refractivity contribution in [1.82, 2.24) is 15.3 Å². The van der Waals surface area contributed by atoms with Gasteiger partial charge in [0.2, 0.25) is 5.95 Å². The zero-order valence-electron chi connectivity index (χ0n) is 12.5. The summed E-state index contributed by atoms with van der Waals surface area (Å²) in [6, 6.07) is 11.9. The molecule has 0 radical (unpaired) electrons. The van der Waals surface area contributed by atoms with Crippen molar-refractivity contribution in [2.75, 3.05) is 31.4 Å². The zero-order valence-corrected chi connectivity index (χ0v) is 12.5. The highest BCUT2D eigenvalue weighted by Crippen LogP contribution is 2.16. The van der Waals surface area contributed by atoms with Crippen LogP contribution in [0.1, 0.15) is 11.7 Å². The molecule has 0 aliphatic heterocycles. The SMILES string of the molecule is CN=CN(C)c1ccnc(NC(NC)c2ccccc2)n1. The van der Waals surface area contributed by atoms with E-state index in [4.69, 9.17) is 0 Å². The van der Waals surface area contributed by atoms with Gasteiger partial charge in [-0.25, -0.2) is 4.98 Å². The van der Waals surface area contributed by atoms with E-state index in [2.05, 4.69) is 25.6 Å². The summed E-state index contributed by atoms with van der Waals surface area (Å²) in [5.74, 6) is 1.34. The Balaban J connectivity index is 2.17. The maximum Gasteiger partial charge on any atom is 0.226 e. The Morgan fingerprint density at radius 1 is 1.24 bits per heavy atom. The number of nitrogens with zero attached hydrogens (tertiary/aromatic N) is 4. The quantitative estimate of drug-likeness (QED) is 0.482. The molecule has 0 amide bonds. The second kappa shape index (κ2) is 7.35. The van der Waals surface area contributed by atoms with Crippen molar-refractivity contribution in [1.29, 1.82) is 0 Å². The topological polar surface area (TPSA) is 65.4 Å². The predicted molar refractivity (Wildman–Crippen MR) is 86.7 cm³/mol. The Kier molecular flexibility index (Phi) is 5.22. The van der Waals surface area contributed by atoms with Gasteiger partial charge in [0.25, 0.3) is 0 Å². The highest BCUT2D eigenvalue weighted by Gasteiger charge is 2.10. The molecular formula is C15H20N6. The number of aromatic nitrogens is 2. The molecule has 2 N–H and O–H groups in total. The summed E-state index contributed by atoms with van der Waals surface area (Å²) in [5, 5.41) is 6.49. The van der Waals surface area contributed by atoms with Gasteiger partial charge >= 0.3 is 0 Å². The molecule has 6 heteroatoms. The van der Waals surface area contributed by atoms with Crippen LogP contribution in [0.2, 0.25) is 0 Å². The molecule has 0 aliphatic carbocycles. The van der Waals surface area contributed by atoms with Crippen molar-refractivity contribution < 1.29 is 0 Å². The maximum absolute atomic E-state index is 4.48. The average molecular weight is 284 g/mol. The van der Waals surface area contributed by atoms with Crippen molar-refractivity contribution >= 4 is 18.1 Å². The minimum absolute atomic E-state index is 0.0494. The Morgan fingerprint density at radius 3 is 2.67 bits per heavy atom. The monoisotopic (exact) mass is 284 g/mol. The molecule has 0 fully saturated rings. The number of nitrogens with one attached hydrogen (secondary N) is 2. The van der Waals surface area contributed by atoms with Gasteiger partial charge in [-0.05, 0) is 18.7 Å². The van der Waals surface area contributed by atoms with E-state index in [1.165, 1.54) is 0 Å². The van der Waals surface area contributed by atoms with Crippen molar-refractivity contribution in [3.05, 3.63) is 48.2 Å². The second-order valence-corrected chi connectivity index (χ2v) is 4.50. The molecule has 1 heterocycles. The standard InChI is InChI=1S/C15H20N6/c1-16-11-21(3)13-9-10-18-15(19-13)20-14(17-2)12-7-5-4-6-8-12/h4-11,14,17H,1-3H3,(H,18,19,20). The lowest BCUT2D eigenvalue weighted by molar-refractivity contribution is 0.660. The first-order valence-corrected chi connectivity index (χ1v) is 6.71. The van der Waals surface area contributed by atoms with Crippen molar-refractivity contribution in [3.8, 4) is 0 Å². The second-order valence-electron chi connectivity index (χ2n) is 4.50. The summed E-state index contributed by atoms with van der Waals surface area (Å²) in [4.78, 5) is 14.5. The van der Waals surface area contributed by atoms with Crippen LogP contribution in [0.3, 0.4) is 0 Å². The van der Waals surface area contributed by atoms with E-state index in [1.807, 2.05) is 55.4 Å². The van der Waals surface area contributed by atoms with Gasteiger partial charge in [-0.2, -0.15) is 4.98 Å². The summed E-state index contributed by atoms with van der Waals surface area (Å²) < 4.78 is 0. The van der Waals surface area contributed by atoms with Gasteiger partial charge in [-0.3, -0.25) is 10.3 Å². The smallest absolute Gasteiger partial charge is 0.226 e. The zero-order chi connectivity index (χ0) is 15.1. The molecule has 1 atom stereocenters. The Hall–Kier alpha value is -2.47. The number of hydrogen-bond acceptors (Lipinski definition) is 5. The molecule has 21 heavy (non-hydrogen) atoms. The molecule has 1 unspecified atom stereocenters. The Labute approximate surface area is 125 Å². The highest BCUT2D eigenvalue weighted by molar-refractivity contribution is 5.76. The van der Waals surface area contributed by atoms with Crippen LogP contribution in [-0.2, 0) is 0 Å². The fraction of sp³-hybridized carbons (Fsp3) is 0.267. The maximum atomic E-state index is 4.48. The highest BCUT2D eigenvalue weighted by atomic mass is 15.2. The van der Waals surface area contributed by atoms with E-state index < -0.39 is 0 Å². The Bertz CT molecular complexity index is 584. The number of anilines is 2. The van der Waals surface area contributed by atoms with Crippen LogP contribution in [0.25, 0.3) is 0 Å². The van der Waals surface area contributed by atoms with Crippen molar-refractivity contribution in [2.45, 2.75) is 6.17 Å². The number of benzene rings is 1. The molecule has 2 aromatic rings. The first-order chi connectivity index (χ1) is 10.2. The fourth-order valence-electron chi connectivity index (χ4n) is 1.94. The molecule has 110 valence electrons. The molecule has 2 rings (SSSR count). The van der Waals surface area contributed by atoms with Crippen LogP contribution in [-0.4, -0.2) is 37.4 Å². The van der Waals surface area contributed by atoms with Crippen LogP contribution in [0.15, 0.2) is 47.6 Å². The van der Waals surface area contributed by atoms with Gasteiger partial charge in [0.1, 0.15) is 12.0 Å². The van der Waals surface area contributed by atoms with Gasteiger partial charge in [-0.15, -0.1) is 0 Å². The van der Waals surface area contributed by atoms with Crippen molar-refractivity contribution in [2.24, 2.45) is 4.99 Å². The molecule has 0 saturated carbocycles. The summed E-state index contributed by atoms with van der Waals surface area (Å²) in [7, 11) is 5.51. The minimum Gasteiger partial charge on any atom is -0.335 e. The number of aliphatic imine (C=N–C) groups is 1. The minimum atomic E-state index is -0.0494. The molecule has 0 aliphatic rings. The molecule has 1 aromatic heterocycles. The van der Waals surface area contributed by atoms with Crippen LogP contribution in [0, 0.1) is 0 Å². The number of rotatable bonds is 6. The van der Waals surface area contributed by atoms with Crippen LogP contribution >= 0.6 is 0 Å². The molecule has 1 aromatic carbocycles. The number of hydrogen-bond donors (Lipinski definition) is 2. The lowest BCUT2D eigenvalue weighted by Crippen LogP contribution is -2.26. The van der Waals surface area contributed by atoms with Crippen LogP contribution in [0.5, 0.6) is 0 Å². The predicted octanol–water partition coefficient (Wildman–Crippen LogP) is 1.90. The summed E-state index contributed by atoms with van der Waals surface area (Å²) in [6.45, 7) is 0. The largest absolute Gasteiger partial charge is 0.335 e. The fourth-order valence-corrected chi connectivity index (χ4v) is 1.94. The molecule has 0 bridgehead atoms. The third kappa shape index (κ3) is 4.00. The first kappa shape index (κ1) is 14.9. The van der Waals surface area contributed by atoms with E-state index in [0.29, 0.717) is 5.95 Å².